The zero-order valence-electron chi connectivity index (χ0n) is 11.5. The van der Waals surface area contributed by atoms with Gasteiger partial charge in [-0.3, -0.25) is 4.79 Å². The number of benzene rings is 1. The number of hydrogen-bond acceptors (Lipinski definition) is 4. The predicted octanol–water partition coefficient (Wildman–Crippen LogP) is 3.10. The Morgan fingerprint density at radius 3 is 2.62 bits per heavy atom. The molecule has 0 saturated carbocycles. The Balaban J connectivity index is 2.00. The van der Waals surface area contributed by atoms with Gasteiger partial charge in [0.1, 0.15) is 11.4 Å². The van der Waals surface area contributed by atoms with Crippen molar-refractivity contribution < 1.29 is 5.11 Å². The molecule has 2 aromatic heterocycles. The van der Waals surface area contributed by atoms with E-state index in [1.165, 1.54) is 0 Å². The van der Waals surface area contributed by atoms with Crippen LogP contribution in [0.2, 0.25) is 0 Å². The quantitative estimate of drug-likeness (QED) is 0.781. The Morgan fingerprint density at radius 1 is 1.24 bits per heavy atom. The van der Waals surface area contributed by atoms with Crippen molar-refractivity contribution in [3.63, 3.8) is 0 Å². The van der Waals surface area contributed by atoms with Crippen LogP contribution in [0, 0.1) is 6.92 Å². The van der Waals surface area contributed by atoms with Crippen LogP contribution in [-0.2, 0) is 6.42 Å². The molecule has 0 bridgehead atoms. The first-order chi connectivity index (χ1) is 10.1. The van der Waals surface area contributed by atoms with E-state index in [2.05, 4.69) is 9.97 Å². The van der Waals surface area contributed by atoms with Crippen LogP contribution in [0.5, 0.6) is 5.88 Å². The number of H-pyrrole nitrogens is 1. The largest absolute Gasteiger partial charge is 0.493 e. The van der Waals surface area contributed by atoms with Gasteiger partial charge in [-0.1, -0.05) is 35.9 Å². The fraction of sp³-hybridized carbons (Fsp3) is 0.125. The first kappa shape index (κ1) is 13.6. The monoisotopic (exact) mass is 298 g/mol. The lowest BCUT2D eigenvalue weighted by molar-refractivity contribution is 0.450. The Labute approximate surface area is 125 Å². The van der Waals surface area contributed by atoms with Crippen molar-refractivity contribution in [2.75, 3.05) is 0 Å². The Kier molecular flexibility index (Phi) is 3.58. The molecule has 21 heavy (non-hydrogen) atoms. The fourth-order valence-corrected chi connectivity index (χ4v) is 2.86. The summed E-state index contributed by atoms with van der Waals surface area (Å²) in [5, 5.41) is 12.1. The highest BCUT2D eigenvalue weighted by Crippen LogP contribution is 2.24. The average molecular weight is 298 g/mol. The molecule has 2 N–H and O–H groups in total. The number of nitrogens with one attached hydrogen (secondary N) is 1. The summed E-state index contributed by atoms with van der Waals surface area (Å²) in [6, 6.07) is 11.3. The molecule has 0 unspecified atom stereocenters. The summed E-state index contributed by atoms with van der Waals surface area (Å²) in [5.74, 6) is 0.241. The van der Waals surface area contributed by atoms with Crippen molar-refractivity contribution in [3.8, 4) is 17.0 Å². The van der Waals surface area contributed by atoms with Gasteiger partial charge in [0.15, 0.2) is 0 Å². The van der Waals surface area contributed by atoms with Crippen LogP contribution in [0.15, 0.2) is 46.6 Å². The summed E-state index contributed by atoms with van der Waals surface area (Å²) >= 11 is 1.59. The topological polar surface area (TPSA) is 66.0 Å². The van der Waals surface area contributed by atoms with Crippen LogP contribution in [0.4, 0.5) is 0 Å². The molecule has 0 atom stereocenters. The normalized spacial score (nSPS) is 10.7. The number of nitrogens with zero attached hydrogens (tertiary/aromatic N) is 1. The molecule has 3 rings (SSSR count). The van der Waals surface area contributed by atoms with Gasteiger partial charge in [0.25, 0.3) is 5.56 Å². The molecule has 0 aliphatic carbocycles. The Bertz CT molecular complexity index is 805. The van der Waals surface area contributed by atoms with E-state index in [-0.39, 0.29) is 17.0 Å². The molecular weight excluding hydrogens is 284 g/mol. The lowest BCUT2D eigenvalue weighted by atomic mass is 10.1. The van der Waals surface area contributed by atoms with E-state index in [4.69, 9.17) is 0 Å². The van der Waals surface area contributed by atoms with Crippen LogP contribution in [-0.4, -0.2) is 15.1 Å². The van der Waals surface area contributed by atoms with Crippen molar-refractivity contribution in [3.05, 3.63) is 68.4 Å². The molecule has 3 aromatic rings. The minimum atomic E-state index is -0.321. The molecule has 1 aromatic carbocycles. The molecule has 2 heterocycles. The minimum absolute atomic E-state index is 0.213. The van der Waals surface area contributed by atoms with E-state index in [1.54, 1.807) is 23.5 Å². The predicted molar refractivity (Wildman–Crippen MR) is 83.8 cm³/mol. The Hall–Kier alpha value is -2.40. The number of aromatic nitrogens is 2. The van der Waals surface area contributed by atoms with Gasteiger partial charge >= 0.3 is 0 Å². The summed E-state index contributed by atoms with van der Waals surface area (Å²) in [4.78, 5) is 20.2. The van der Waals surface area contributed by atoms with Crippen LogP contribution in [0.25, 0.3) is 11.1 Å². The molecule has 0 aliphatic heterocycles. The maximum atomic E-state index is 12.2. The average Bonchev–Trinajstić information content (AvgIpc) is 2.93. The van der Waals surface area contributed by atoms with E-state index in [0.717, 1.165) is 10.4 Å². The third kappa shape index (κ3) is 2.87. The lowest BCUT2D eigenvalue weighted by Gasteiger charge is -2.06. The molecule has 0 fully saturated rings. The molecule has 0 radical (unpaired) electrons. The minimum Gasteiger partial charge on any atom is -0.493 e. The van der Waals surface area contributed by atoms with Crippen molar-refractivity contribution >= 4 is 11.3 Å². The number of rotatable bonds is 3. The first-order valence-electron chi connectivity index (χ1n) is 6.55. The first-order valence-corrected chi connectivity index (χ1v) is 7.43. The molecule has 4 nitrogen and oxygen atoms in total. The van der Waals surface area contributed by atoms with Gasteiger partial charge in [0.05, 0.1) is 0 Å². The van der Waals surface area contributed by atoms with E-state index in [9.17, 15) is 9.90 Å². The molecule has 0 amide bonds. The highest BCUT2D eigenvalue weighted by Gasteiger charge is 2.13. The molecular formula is C16H14N2O2S. The van der Waals surface area contributed by atoms with Crippen LogP contribution >= 0.6 is 11.3 Å². The third-order valence-corrected chi connectivity index (χ3v) is 4.09. The zero-order valence-corrected chi connectivity index (χ0v) is 12.3. The van der Waals surface area contributed by atoms with Crippen LogP contribution in [0.3, 0.4) is 0 Å². The van der Waals surface area contributed by atoms with E-state index in [1.807, 2.05) is 36.6 Å². The Morgan fingerprint density at radius 2 is 2.00 bits per heavy atom. The van der Waals surface area contributed by atoms with E-state index < -0.39 is 0 Å². The highest BCUT2D eigenvalue weighted by atomic mass is 32.1. The van der Waals surface area contributed by atoms with Gasteiger partial charge in [-0.15, -0.1) is 11.3 Å². The summed E-state index contributed by atoms with van der Waals surface area (Å²) in [5.41, 5.74) is 1.65. The second kappa shape index (κ2) is 5.54. The van der Waals surface area contributed by atoms with Crippen molar-refractivity contribution in [2.24, 2.45) is 0 Å². The molecule has 0 aliphatic rings. The molecule has 5 heteroatoms. The number of aromatic amines is 1. The number of thiophene rings is 1. The van der Waals surface area contributed by atoms with Crippen molar-refractivity contribution in [2.45, 2.75) is 13.3 Å². The van der Waals surface area contributed by atoms with Gasteiger partial charge in [-0.25, -0.2) is 0 Å². The highest BCUT2D eigenvalue weighted by molar-refractivity contribution is 7.09. The third-order valence-electron chi connectivity index (χ3n) is 3.21. The van der Waals surface area contributed by atoms with Crippen LogP contribution in [0.1, 0.15) is 16.3 Å². The standard InChI is InChI=1S/C16H14N2O2S/c1-10-4-6-11(7-5-10)14-15(19)17-13(18-16(14)20)9-12-3-2-8-21-12/h2-8H,9H2,1H3,(H2,17,18,19,20). The summed E-state index contributed by atoms with van der Waals surface area (Å²) in [6.07, 6.45) is 0.509. The molecule has 0 spiro atoms. The van der Waals surface area contributed by atoms with Gasteiger partial charge in [-0.05, 0) is 23.9 Å². The van der Waals surface area contributed by atoms with Gasteiger partial charge in [0.2, 0.25) is 5.88 Å². The van der Waals surface area contributed by atoms with Gasteiger partial charge < -0.3 is 10.1 Å². The number of aryl methyl sites for hydroxylation is 1. The summed E-state index contributed by atoms with van der Waals surface area (Å²) < 4.78 is 0. The smallest absolute Gasteiger partial charge is 0.262 e. The van der Waals surface area contributed by atoms with Crippen molar-refractivity contribution in [1.82, 2.24) is 9.97 Å². The maximum absolute atomic E-state index is 12.2. The van der Waals surface area contributed by atoms with Gasteiger partial charge in [-0.2, -0.15) is 4.98 Å². The zero-order chi connectivity index (χ0) is 14.8. The van der Waals surface area contributed by atoms with Crippen molar-refractivity contribution in [1.29, 1.82) is 0 Å². The van der Waals surface area contributed by atoms with E-state index >= 15 is 0 Å². The maximum Gasteiger partial charge on any atom is 0.262 e. The lowest BCUT2D eigenvalue weighted by Crippen LogP contribution is -2.14. The van der Waals surface area contributed by atoms with Gasteiger partial charge in [0, 0.05) is 11.3 Å². The SMILES string of the molecule is Cc1ccc(-c2c(O)nc(Cc3cccs3)[nH]c2=O)cc1. The number of aromatic hydroxyl groups is 1. The summed E-state index contributed by atoms with van der Waals surface area (Å²) in [7, 11) is 0. The molecule has 106 valence electrons. The number of hydrogen-bond donors (Lipinski definition) is 2. The van der Waals surface area contributed by atoms with Crippen LogP contribution < -0.4 is 5.56 Å². The van der Waals surface area contributed by atoms with E-state index in [0.29, 0.717) is 17.8 Å². The second-order valence-corrected chi connectivity index (χ2v) is 5.87. The fourth-order valence-electron chi connectivity index (χ4n) is 2.15. The molecule has 0 saturated heterocycles. The second-order valence-electron chi connectivity index (χ2n) is 4.83. The summed E-state index contributed by atoms with van der Waals surface area (Å²) in [6.45, 7) is 1.97.